The number of carbonyl (C=O) groups excluding carboxylic acids is 2. The van der Waals surface area contributed by atoms with E-state index in [-0.39, 0.29) is 0 Å². The number of hydrogen-bond acceptors (Lipinski definition) is 5. The Balaban J connectivity index is 2.57. The van der Waals surface area contributed by atoms with Crippen molar-refractivity contribution >= 4 is 24.6 Å². The van der Waals surface area contributed by atoms with Crippen molar-refractivity contribution in [1.29, 1.82) is 0 Å². The molecule has 0 bridgehead atoms. The zero-order chi connectivity index (χ0) is 14.7. The molecule has 0 N–H and O–H groups in total. The number of hydrazine groups is 1. The van der Waals surface area contributed by atoms with Gasteiger partial charge in [-0.2, -0.15) is 10.0 Å². The summed E-state index contributed by atoms with van der Waals surface area (Å²) >= 11 is 0. The van der Waals surface area contributed by atoms with Gasteiger partial charge in [0.25, 0.3) is 0 Å². The van der Waals surface area contributed by atoms with Gasteiger partial charge in [-0.05, 0) is 18.2 Å². The van der Waals surface area contributed by atoms with E-state index >= 15 is 0 Å². The Labute approximate surface area is 115 Å². The van der Waals surface area contributed by atoms with Crippen molar-refractivity contribution in [2.45, 2.75) is 0 Å². The Morgan fingerprint density at radius 2 is 1.45 bits per heavy atom. The summed E-state index contributed by atoms with van der Waals surface area (Å²) in [6.45, 7) is 0. The third-order valence-electron chi connectivity index (χ3n) is 2.77. The molecule has 2 rings (SSSR count). The highest BCUT2D eigenvalue weighted by Gasteiger charge is 2.26. The number of nitrogens with zero attached hydrogens (tertiary/aromatic N) is 2. The van der Waals surface area contributed by atoms with Gasteiger partial charge >= 0.3 is 12.2 Å². The van der Waals surface area contributed by atoms with Gasteiger partial charge in [0.15, 0.2) is 0 Å². The Kier molecular flexibility index (Phi) is 3.79. The molecule has 7 heteroatoms. The molecule has 0 aliphatic carbocycles. The molecule has 1 aliphatic rings. The molecular weight excluding hydrogens is 264 g/mol. The summed E-state index contributed by atoms with van der Waals surface area (Å²) < 4.78 is 14.4. The second-order valence-corrected chi connectivity index (χ2v) is 3.88. The molecule has 0 radical (unpaired) electrons. The molecule has 106 valence electrons. The predicted octanol–water partition coefficient (Wildman–Crippen LogP) is 0.237. The average molecular weight is 278 g/mol. The monoisotopic (exact) mass is 278 g/mol. The molecule has 0 spiro atoms. The Morgan fingerprint density at radius 1 is 0.900 bits per heavy atom. The van der Waals surface area contributed by atoms with Gasteiger partial charge in [0.1, 0.15) is 5.75 Å². The van der Waals surface area contributed by atoms with Crippen LogP contribution in [0.5, 0.6) is 5.75 Å². The number of carbonyl (C=O) groups is 2. The number of ether oxygens (including phenoxy) is 3. The number of hydrogen-bond donors (Lipinski definition) is 0. The predicted molar refractivity (Wildman–Crippen MR) is 69.7 cm³/mol. The lowest BCUT2D eigenvalue weighted by atomic mass is 10.2. The lowest BCUT2D eigenvalue weighted by Crippen LogP contribution is -2.50. The van der Waals surface area contributed by atoms with Crippen molar-refractivity contribution in [2.24, 2.45) is 0 Å². The minimum Gasteiger partial charge on any atom is -0.497 e. The molecule has 0 fully saturated rings. The lowest BCUT2D eigenvalue weighted by Gasteiger charge is -2.28. The van der Waals surface area contributed by atoms with Gasteiger partial charge in [0, 0.05) is 22.8 Å². The second-order valence-electron chi connectivity index (χ2n) is 3.88. The van der Waals surface area contributed by atoms with Gasteiger partial charge in [-0.15, -0.1) is 0 Å². The first-order chi connectivity index (χ1) is 9.60. The molecule has 0 aromatic heterocycles. The third kappa shape index (κ3) is 2.37. The molecule has 1 aromatic carbocycles. The highest BCUT2D eigenvalue weighted by Crippen LogP contribution is 2.09. The number of methoxy groups -OCH3 is 3. The molecule has 1 aromatic rings. The Hall–Kier alpha value is -2.70. The van der Waals surface area contributed by atoms with Crippen LogP contribution in [0.4, 0.5) is 9.59 Å². The summed E-state index contributed by atoms with van der Waals surface area (Å²) in [7, 11) is 4.01. The van der Waals surface area contributed by atoms with Crippen LogP contribution in [-0.4, -0.2) is 43.5 Å². The summed E-state index contributed by atoms with van der Waals surface area (Å²) in [4.78, 5) is 23.4. The van der Waals surface area contributed by atoms with E-state index in [1.165, 1.54) is 26.6 Å². The van der Waals surface area contributed by atoms with Gasteiger partial charge in [0.2, 0.25) is 0 Å². The summed E-state index contributed by atoms with van der Waals surface area (Å²) in [6.07, 6.45) is 1.55. The van der Waals surface area contributed by atoms with Gasteiger partial charge in [-0.1, -0.05) is 0 Å². The van der Waals surface area contributed by atoms with E-state index in [2.05, 4.69) is 9.47 Å². The SMILES string of the molecule is COC(=O)N1C=c2ccc(OC)cc2=CN1C(=O)OC. The first-order valence-electron chi connectivity index (χ1n) is 5.72. The van der Waals surface area contributed by atoms with Crippen LogP contribution in [0.25, 0.3) is 12.4 Å². The number of benzene rings is 1. The molecule has 0 saturated carbocycles. The second kappa shape index (κ2) is 5.52. The van der Waals surface area contributed by atoms with Crippen LogP contribution in [0.1, 0.15) is 0 Å². The molecule has 20 heavy (non-hydrogen) atoms. The third-order valence-corrected chi connectivity index (χ3v) is 2.77. The smallest absolute Gasteiger partial charge is 0.433 e. The van der Waals surface area contributed by atoms with Crippen molar-refractivity contribution in [2.75, 3.05) is 21.3 Å². The fraction of sp³-hybridized carbons (Fsp3) is 0.231. The van der Waals surface area contributed by atoms with E-state index in [4.69, 9.17) is 4.74 Å². The summed E-state index contributed by atoms with van der Waals surface area (Å²) in [6, 6.07) is 5.28. The van der Waals surface area contributed by atoms with Gasteiger partial charge < -0.3 is 14.2 Å². The summed E-state index contributed by atoms with van der Waals surface area (Å²) in [5.74, 6) is 0.643. The molecule has 7 nitrogen and oxygen atoms in total. The van der Waals surface area contributed by atoms with Crippen LogP contribution in [0.3, 0.4) is 0 Å². The first kappa shape index (κ1) is 13.7. The van der Waals surface area contributed by atoms with Crippen molar-refractivity contribution in [3.63, 3.8) is 0 Å². The van der Waals surface area contributed by atoms with Crippen molar-refractivity contribution in [1.82, 2.24) is 10.0 Å². The molecule has 2 amide bonds. The van der Waals surface area contributed by atoms with E-state index in [0.717, 1.165) is 20.5 Å². The van der Waals surface area contributed by atoms with E-state index in [1.54, 1.807) is 25.3 Å². The van der Waals surface area contributed by atoms with Crippen LogP contribution >= 0.6 is 0 Å². The van der Waals surface area contributed by atoms with Gasteiger partial charge in [-0.25, -0.2) is 9.59 Å². The van der Waals surface area contributed by atoms with Crippen LogP contribution in [0, 0.1) is 0 Å². The standard InChI is InChI=1S/C13H14N2O5/c1-18-11-5-4-9-7-14(12(16)19-2)15(13(17)20-3)8-10(9)6-11/h4-8H,1-3H3. The highest BCUT2D eigenvalue weighted by atomic mass is 16.6. The fourth-order valence-corrected chi connectivity index (χ4v) is 1.77. The van der Waals surface area contributed by atoms with E-state index in [9.17, 15) is 9.59 Å². The number of fused-ring (bicyclic) bond motifs is 1. The van der Waals surface area contributed by atoms with Crippen LogP contribution < -0.4 is 15.2 Å². The number of rotatable bonds is 1. The van der Waals surface area contributed by atoms with Crippen molar-refractivity contribution in [3.8, 4) is 5.75 Å². The fourth-order valence-electron chi connectivity index (χ4n) is 1.77. The molecular formula is C13H14N2O5. The van der Waals surface area contributed by atoms with Gasteiger partial charge in [-0.3, -0.25) is 0 Å². The maximum absolute atomic E-state index is 11.7. The maximum Gasteiger partial charge on any atom is 0.433 e. The minimum absolute atomic E-state index is 0.643. The zero-order valence-corrected chi connectivity index (χ0v) is 11.3. The van der Waals surface area contributed by atoms with Crippen molar-refractivity contribution < 1.29 is 23.8 Å². The largest absolute Gasteiger partial charge is 0.497 e. The van der Waals surface area contributed by atoms with Crippen LogP contribution in [-0.2, 0) is 9.47 Å². The highest BCUT2D eigenvalue weighted by molar-refractivity contribution is 5.81. The normalized spacial score (nSPS) is 12.8. The molecule has 0 saturated heterocycles. The number of amides is 2. The zero-order valence-electron chi connectivity index (χ0n) is 11.3. The van der Waals surface area contributed by atoms with Crippen LogP contribution in [0.15, 0.2) is 18.2 Å². The van der Waals surface area contributed by atoms with Crippen LogP contribution in [0.2, 0.25) is 0 Å². The van der Waals surface area contributed by atoms with E-state index < -0.39 is 12.2 Å². The summed E-state index contributed by atoms with van der Waals surface area (Å²) in [5, 5.41) is 3.51. The van der Waals surface area contributed by atoms with E-state index in [1.807, 2.05) is 0 Å². The van der Waals surface area contributed by atoms with Gasteiger partial charge in [0.05, 0.1) is 21.3 Å². The quantitative estimate of drug-likeness (QED) is 0.736. The first-order valence-corrected chi connectivity index (χ1v) is 5.72. The lowest BCUT2D eigenvalue weighted by molar-refractivity contribution is 0.0611. The Bertz CT molecular complexity index is 655. The van der Waals surface area contributed by atoms with Crippen molar-refractivity contribution in [3.05, 3.63) is 28.6 Å². The topological polar surface area (TPSA) is 68.3 Å². The molecule has 1 aliphatic heterocycles. The minimum atomic E-state index is -0.708. The molecule has 1 heterocycles. The summed E-state index contributed by atoms with van der Waals surface area (Å²) in [5.41, 5.74) is 0. The average Bonchev–Trinajstić information content (AvgIpc) is 2.51. The molecule has 0 atom stereocenters. The maximum atomic E-state index is 11.7. The molecule has 0 unspecified atom stereocenters. The van der Waals surface area contributed by atoms with E-state index in [0.29, 0.717) is 5.75 Å². The Morgan fingerprint density at radius 3 is 1.95 bits per heavy atom.